The smallest absolute Gasteiger partial charge is 0.226 e. The number of aryl methyl sites for hydroxylation is 3. The molecule has 7 heteroatoms. The minimum absolute atomic E-state index is 0.106. The number of carbonyl (C=O) groups excluding carboxylic acids is 1. The molecule has 2 rings (SSSR count). The molecule has 2 aromatic rings. The third-order valence-electron chi connectivity index (χ3n) is 3.96. The Kier molecular flexibility index (Phi) is 6.15. The van der Waals surface area contributed by atoms with E-state index in [0.29, 0.717) is 5.56 Å². The van der Waals surface area contributed by atoms with Gasteiger partial charge in [-0.05, 0) is 49.6 Å². The highest BCUT2D eigenvalue weighted by Crippen LogP contribution is 2.24. The molecule has 0 saturated carbocycles. The fraction of sp³-hybridized carbons (Fsp3) is 0.316. The van der Waals surface area contributed by atoms with Crippen LogP contribution in [-0.2, 0) is 14.8 Å². The Morgan fingerprint density at radius 3 is 2.12 bits per heavy atom. The molecule has 0 radical (unpaired) electrons. The molecule has 0 aliphatic rings. The molecule has 0 heterocycles. The van der Waals surface area contributed by atoms with Crippen LogP contribution in [0.1, 0.15) is 34.7 Å². The van der Waals surface area contributed by atoms with Gasteiger partial charge in [0.15, 0.2) is 0 Å². The molecule has 0 spiro atoms. The second kappa shape index (κ2) is 7.97. The summed E-state index contributed by atoms with van der Waals surface area (Å²) in [5.74, 6) is -0.757. The number of sulfonamides is 1. The van der Waals surface area contributed by atoms with E-state index in [4.69, 9.17) is 0 Å². The Bertz CT molecular complexity index is 886. The van der Waals surface area contributed by atoms with Gasteiger partial charge in [0.05, 0.1) is 12.3 Å². The van der Waals surface area contributed by atoms with Crippen molar-refractivity contribution in [1.29, 1.82) is 0 Å². The molecule has 26 heavy (non-hydrogen) atoms. The monoisotopic (exact) mass is 378 g/mol. The lowest BCUT2D eigenvalue weighted by Gasteiger charge is -2.19. The Labute approximate surface area is 153 Å². The first kappa shape index (κ1) is 20.1. The van der Waals surface area contributed by atoms with Crippen molar-refractivity contribution < 1.29 is 17.6 Å². The third kappa shape index (κ3) is 5.64. The van der Waals surface area contributed by atoms with Crippen molar-refractivity contribution in [2.24, 2.45) is 0 Å². The number of rotatable bonds is 6. The zero-order chi connectivity index (χ0) is 19.5. The highest BCUT2D eigenvalue weighted by molar-refractivity contribution is 7.88. The standard InChI is InChI=1S/C19H23FN2O3S/c1-12-9-13(2)19(14(3)10-12)21-18(23)11-17(22-26(4,24)25)15-5-7-16(20)8-6-15/h5-10,17,22H,11H2,1-4H3,(H,21,23)/t17-/m0/s1. The maximum Gasteiger partial charge on any atom is 0.226 e. The van der Waals surface area contributed by atoms with Crippen LogP contribution in [0.2, 0.25) is 0 Å². The molecule has 140 valence electrons. The van der Waals surface area contributed by atoms with Crippen molar-refractivity contribution in [3.63, 3.8) is 0 Å². The molecule has 0 saturated heterocycles. The molecular formula is C19H23FN2O3S. The molecule has 0 bridgehead atoms. The summed E-state index contributed by atoms with van der Waals surface area (Å²) in [6.07, 6.45) is 0.918. The summed E-state index contributed by atoms with van der Waals surface area (Å²) in [6.45, 7) is 5.79. The van der Waals surface area contributed by atoms with Crippen LogP contribution < -0.4 is 10.0 Å². The van der Waals surface area contributed by atoms with E-state index in [9.17, 15) is 17.6 Å². The first-order valence-corrected chi connectivity index (χ1v) is 10.0. The Morgan fingerprint density at radius 2 is 1.62 bits per heavy atom. The predicted octanol–water partition coefficient (Wildman–Crippen LogP) is 3.37. The van der Waals surface area contributed by atoms with Gasteiger partial charge in [-0.1, -0.05) is 29.8 Å². The molecule has 1 atom stereocenters. The quantitative estimate of drug-likeness (QED) is 0.809. The first-order chi connectivity index (χ1) is 12.0. The van der Waals surface area contributed by atoms with Crippen LogP contribution in [0.25, 0.3) is 0 Å². The zero-order valence-electron chi connectivity index (χ0n) is 15.3. The van der Waals surface area contributed by atoms with E-state index < -0.39 is 21.9 Å². The molecule has 0 aliphatic heterocycles. The molecule has 1 amide bonds. The molecule has 0 unspecified atom stereocenters. The van der Waals surface area contributed by atoms with Gasteiger partial charge in [0.25, 0.3) is 0 Å². The first-order valence-electron chi connectivity index (χ1n) is 8.15. The SMILES string of the molecule is Cc1cc(C)c(NC(=O)C[C@H](NS(C)(=O)=O)c2ccc(F)cc2)c(C)c1. The van der Waals surface area contributed by atoms with Crippen molar-refractivity contribution >= 4 is 21.6 Å². The Hall–Kier alpha value is -2.25. The van der Waals surface area contributed by atoms with Crippen molar-refractivity contribution in [3.8, 4) is 0 Å². The summed E-state index contributed by atoms with van der Waals surface area (Å²) in [4.78, 5) is 12.5. The van der Waals surface area contributed by atoms with Crippen LogP contribution in [0.5, 0.6) is 0 Å². The lowest BCUT2D eigenvalue weighted by atomic mass is 10.0. The van der Waals surface area contributed by atoms with E-state index in [1.165, 1.54) is 24.3 Å². The van der Waals surface area contributed by atoms with Gasteiger partial charge < -0.3 is 5.32 Å². The molecule has 0 aromatic heterocycles. The van der Waals surface area contributed by atoms with Gasteiger partial charge >= 0.3 is 0 Å². The molecule has 5 nitrogen and oxygen atoms in total. The van der Waals surface area contributed by atoms with Crippen molar-refractivity contribution in [3.05, 3.63) is 64.5 Å². The van der Waals surface area contributed by atoms with Gasteiger partial charge in [0, 0.05) is 12.1 Å². The van der Waals surface area contributed by atoms with Crippen LogP contribution in [0.3, 0.4) is 0 Å². The summed E-state index contributed by atoms with van der Waals surface area (Å²) in [6, 6.07) is 8.55. The number of anilines is 1. The van der Waals surface area contributed by atoms with Crippen LogP contribution in [0, 0.1) is 26.6 Å². The number of amides is 1. The van der Waals surface area contributed by atoms with Gasteiger partial charge in [-0.3, -0.25) is 4.79 Å². The largest absolute Gasteiger partial charge is 0.326 e. The summed E-state index contributed by atoms with van der Waals surface area (Å²) in [5.41, 5.74) is 4.21. The van der Waals surface area contributed by atoms with Crippen molar-refractivity contribution in [2.75, 3.05) is 11.6 Å². The van der Waals surface area contributed by atoms with Crippen LogP contribution >= 0.6 is 0 Å². The predicted molar refractivity (Wildman–Crippen MR) is 101 cm³/mol. The fourth-order valence-electron chi connectivity index (χ4n) is 2.93. The van der Waals surface area contributed by atoms with E-state index >= 15 is 0 Å². The van der Waals surface area contributed by atoms with E-state index in [2.05, 4.69) is 10.0 Å². The summed E-state index contributed by atoms with van der Waals surface area (Å²) in [7, 11) is -3.55. The average molecular weight is 378 g/mol. The highest BCUT2D eigenvalue weighted by atomic mass is 32.2. The van der Waals surface area contributed by atoms with Gasteiger partial charge in [0.1, 0.15) is 5.82 Å². The minimum Gasteiger partial charge on any atom is -0.326 e. The average Bonchev–Trinajstić information content (AvgIpc) is 2.49. The highest BCUT2D eigenvalue weighted by Gasteiger charge is 2.20. The summed E-state index contributed by atoms with van der Waals surface area (Å²) >= 11 is 0. The van der Waals surface area contributed by atoms with Crippen LogP contribution in [0.15, 0.2) is 36.4 Å². The third-order valence-corrected chi connectivity index (χ3v) is 4.67. The summed E-state index contributed by atoms with van der Waals surface area (Å²) < 4.78 is 38.9. The molecule has 2 N–H and O–H groups in total. The van der Waals surface area contributed by atoms with Crippen molar-refractivity contribution in [2.45, 2.75) is 33.2 Å². The number of nitrogens with one attached hydrogen (secondary N) is 2. The number of hydrogen-bond acceptors (Lipinski definition) is 3. The molecule has 0 fully saturated rings. The topological polar surface area (TPSA) is 75.3 Å². The normalized spacial score (nSPS) is 12.7. The lowest BCUT2D eigenvalue weighted by molar-refractivity contribution is -0.116. The van der Waals surface area contributed by atoms with Crippen LogP contribution in [0.4, 0.5) is 10.1 Å². The van der Waals surface area contributed by atoms with E-state index in [1.54, 1.807) is 0 Å². The van der Waals surface area contributed by atoms with Gasteiger partial charge in [-0.2, -0.15) is 0 Å². The van der Waals surface area contributed by atoms with E-state index in [-0.39, 0.29) is 12.3 Å². The molecule has 2 aromatic carbocycles. The lowest BCUT2D eigenvalue weighted by Crippen LogP contribution is -2.31. The second-order valence-electron chi connectivity index (χ2n) is 6.52. The maximum atomic E-state index is 13.1. The molecular weight excluding hydrogens is 355 g/mol. The van der Waals surface area contributed by atoms with Crippen LogP contribution in [-0.4, -0.2) is 20.6 Å². The number of carbonyl (C=O) groups is 1. The van der Waals surface area contributed by atoms with Crippen molar-refractivity contribution in [1.82, 2.24) is 4.72 Å². The summed E-state index contributed by atoms with van der Waals surface area (Å²) in [5, 5.41) is 2.86. The van der Waals surface area contributed by atoms with Gasteiger partial charge in [-0.25, -0.2) is 17.5 Å². The van der Waals surface area contributed by atoms with Gasteiger partial charge in [0.2, 0.25) is 15.9 Å². The minimum atomic E-state index is -3.55. The Balaban J connectivity index is 2.22. The number of benzene rings is 2. The van der Waals surface area contributed by atoms with E-state index in [0.717, 1.165) is 28.6 Å². The van der Waals surface area contributed by atoms with E-state index in [1.807, 2.05) is 32.9 Å². The van der Waals surface area contributed by atoms with Gasteiger partial charge in [-0.15, -0.1) is 0 Å². The molecule has 0 aliphatic carbocycles. The Morgan fingerprint density at radius 1 is 1.08 bits per heavy atom. The number of hydrogen-bond donors (Lipinski definition) is 2. The maximum absolute atomic E-state index is 13.1. The number of halogens is 1. The second-order valence-corrected chi connectivity index (χ2v) is 8.30. The zero-order valence-corrected chi connectivity index (χ0v) is 16.1. The fourth-order valence-corrected chi connectivity index (χ4v) is 3.67.